The van der Waals surface area contributed by atoms with Crippen LogP contribution in [-0.2, 0) is 0 Å². The number of nitrogens with one attached hydrogen (secondary N) is 1. The van der Waals surface area contributed by atoms with Crippen molar-refractivity contribution in [3.8, 4) is 23.0 Å². The third kappa shape index (κ3) is 1.90. The number of aromatic amines is 1. The standard InChI is InChI=1S/C12H9N5/c1-2-5-13-9(4-1)10-8-16-12(17-10)11-14-6-3-7-15-11/h1-8H,(H,16,17). The van der Waals surface area contributed by atoms with Gasteiger partial charge in [0.1, 0.15) is 0 Å². The Morgan fingerprint density at radius 2 is 1.65 bits per heavy atom. The summed E-state index contributed by atoms with van der Waals surface area (Å²) in [6.07, 6.45) is 6.85. The Bertz CT molecular complexity index is 549. The highest BCUT2D eigenvalue weighted by Crippen LogP contribution is 2.17. The molecule has 0 radical (unpaired) electrons. The summed E-state index contributed by atoms with van der Waals surface area (Å²) >= 11 is 0. The second kappa shape index (κ2) is 4.13. The van der Waals surface area contributed by atoms with E-state index in [0.29, 0.717) is 11.6 Å². The SMILES string of the molecule is c1ccc(-c2cnc(-c3ncccn3)[nH]2)nc1. The zero-order valence-electron chi connectivity index (χ0n) is 8.91. The molecular weight excluding hydrogens is 214 g/mol. The lowest BCUT2D eigenvalue weighted by molar-refractivity contribution is 1.12. The van der Waals surface area contributed by atoms with E-state index in [1.807, 2.05) is 18.2 Å². The molecule has 3 aromatic rings. The summed E-state index contributed by atoms with van der Waals surface area (Å²) < 4.78 is 0. The molecule has 5 heteroatoms. The fraction of sp³-hybridized carbons (Fsp3) is 0. The van der Waals surface area contributed by atoms with Gasteiger partial charge in [-0.15, -0.1) is 0 Å². The molecule has 0 unspecified atom stereocenters. The average molecular weight is 223 g/mol. The van der Waals surface area contributed by atoms with Crippen molar-refractivity contribution >= 4 is 0 Å². The van der Waals surface area contributed by atoms with Gasteiger partial charge in [0.2, 0.25) is 0 Å². The van der Waals surface area contributed by atoms with Gasteiger partial charge in [0.05, 0.1) is 17.6 Å². The van der Waals surface area contributed by atoms with Gasteiger partial charge in [-0.3, -0.25) is 4.98 Å². The summed E-state index contributed by atoms with van der Waals surface area (Å²) in [4.78, 5) is 19.9. The Morgan fingerprint density at radius 3 is 2.41 bits per heavy atom. The van der Waals surface area contributed by atoms with Crippen molar-refractivity contribution in [2.75, 3.05) is 0 Å². The molecule has 3 heterocycles. The third-order valence-corrected chi connectivity index (χ3v) is 2.29. The van der Waals surface area contributed by atoms with Crippen molar-refractivity contribution in [2.45, 2.75) is 0 Å². The molecule has 0 atom stereocenters. The highest BCUT2D eigenvalue weighted by Gasteiger charge is 2.07. The van der Waals surface area contributed by atoms with Gasteiger partial charge in [-0.1, -0.05) is 6.07 Å². The van der Waals surface area contributed by atoms with Gasteiger partial charge in [-0.25, -0.2) is 15.0 Å². The first-order chi connectivity index (χ1) is 8.43. The number of hydrogen-bond acceptors (Lipinski definition) is 4. The van der Waals surface area contributed by atoms with E-state index in [4.69, 9.17) is 0 Å². The van der Waals surface area contributed by atoms with E-state index in [1.165, 1.54) is 0 Å². The second-order valence-electron chi connectivity index (χ2n) is 3.43. The van der Waals surface area contributed by atoms with Crippen LogP contribution in [-0.4, -0.2) is 24.9 Å². The van der Waals surface area contributed by atoms with Crippen LogP contribution in [0.2, 0.25) is 0 Å². The average Bonchev–Trinajstić information content (AvgIpc) is 2.90. The van der Waals surface area contributed by atoms with Crippen molar-refractivity contribution in [1.29, 1.82) is 0 Å². The molecule has 1 N–H and O–H groups in total. The monoisotopic (exact) mass is 223 g/mol. The zero-order valence-corrected chi connectivity index (χ0v) is 8.91. The zero-order chi connectivity index (χ0) is 11.5. The van der Waals surface area contributed by atoms with E-state index >= 15 is 0 Å². The molecular formula is C12H9N5. The van der Waals surface area contributed by atoms with Gasteiger partial charge >= 0.3 is 0 Å². The predicted molar refractivity (Wildman–Crippen MR) is 62.8 cm³/mol. The first kappa shape index (κ1) is 9.65. The second-order valence-corrected chi connectivity index (χ2v) is 3.43. The topological polar surface area (TPSA) is 67.3 Å². The molecule has 82 valence electrons. The van der Waals surface area contributed by atoms with E-state index < -0.39 is 0 Å². The van der Waals surface area contributed by atoms with Crippen molar-refractivity contribution in [1.82, 2.24) is 24.9 Å². The maximum absolute atomic E-state index is 4.24. The molecule has 3 aromatic heterocycles. The fourth-order valence-corrected chi connectivity index (χ4v) is 1.51. The molecule has 5 nitrogen and oxygen atoms in total. The molecule has 0 saturated carbocycles. The van der Waals surface area contributed by atoms with E-state index in [1.54, 1.807) is 30.9 Å². The molecule has 0 fully saturated rings. The van der Waals surface area contributed by atoms with Crippen LogP contribution in [0.5, 0.6) is 0 Å². The lowest BCUT2D eigenvalue weighted by Gasteiger charge is -1.95. The van der Waals surface area contributed by atoms with Crippen molar-refractivity contribution in [2.24, 2.45) is 0 Å². The summed E-state index contributed by atoms with van der Waals surface area (Å²) in [7, 11) is 0. The normalized spacial score (nSPS) is 10.4. The summed E-state index contributed by atoms with van der Waals surface area (Å²) in [5.41, 5.74) is 1.70. The van der Waals surface area contributed by atoms with Crippen LogP contribution in [0.1, 0.15) is 0 Å². The molecule has 0 aliphatic rings. The molecule has 0 aliphatic carbocycles. The van der Waals surface area contributed by atoms with Crippen LogP contribution in [0.15, 0.2) is 49.1 Å². The summed E-state index contributed by atoms with van der Waals surface area (Å²) in [6, 6.07) is 7.50. The number of imidazole rings is 1. The van der Waals surface area contributed by atoms with E-state index in [9.17, 15) is 0 Å². The first-order valence-corrected chi connectivity index (χ1v) is 5.17. The van der Waals surface area contributed by atoms with E-state index in [0.717, 1.165) is 11.4 Å². The third-order valence-electron chi connectivity index (χ3n) is 2.29. The lowest BCUT2D eigenvalue weighted by atomic mass is 10.3. The number of pyridine rings is 1. The minimum Gasteiger partial charge on any atom is -0.334 e. The molecule has 0 aliphatic heterocycles. The van der Waals surface area contributed by atoms with Crippen LogP contribution in [0, 0.1) is 0 Å². The van der Waals surface area contributed by atoms with Crippen molar-refractivity contribution in [3.05, 3.63) is 49.1 Å². The van der Waals surface area contributed by atoms with Crippen LogP contribution in [0.25, 0.3) is 23.0 Å². The maximum atomic E-state index is 4.24. The van der Waals surface area contributed by atoms with Gasteiger partial charge in [-0.05, 0) is 18.2 Å². The summed E-state index contributed by atoms with van der Waals surface area (Å²) in [6.45, 7) is 0. The van der Waals surface area contributed by atoms with E-state index in [-0.39, 0.29) is 0 Å². The highest BCUT2D eigenvalue weighted by molar-refractivity contribution is 5.57. The van der Waals surface area contributed by atoms with Gasteiger partial charge in [0.15, 0.2) is 11.6 Å². The first-order valence-electron chi connectivity index (χ1n) is 5.17. The number of hydrogen-bond donors (Lipinski definition) is 1. The van der Waals surface area contributed by atoms with Gasteiger partial charge in [0, 0.05) is 18.6 Å². The number of nitrogens with zero attached hydrogens (tertiary/aromatic N) is 4. The Hall–Kier alpha value is -2.56. The molecule has 0 bridgehead atoms. The Kier molecular flexibility index (Phi) is 2.34. The number of aromatic nitrogens is 5. The molecule has 0 spiro atoms. The molecule has 0 saturated heterocycles. The van der Waals surface area contributed by atoms with Gasteiger partial charge in [0.25, 0.3) is 0 Å². The Labute approximate surface area is 97.6 Å². The van der Waals surface area contributed by atoms with Crippen molar-refractivity contribution in [3.63, 3.8) is 0 Å². The van der Waals surface area contributed by atoms with Gasteiger partial charge in [-0.2, -0.15) is 0 Å². The molecule has 0 aromatic carbocycles. The van der Waals surface area contributed by atoms with Crippen molar-refractivity contribution < 1.29 is 0 Å². The Balaban J connectivity index is 1.99. The number of rotatable bonds is 2. The largest absolute Gasteiger partial charge is 0.334 e. The molecule has 0 amide bonds. The minimum absolute atomic E-state index is 0.578. The van der Waals surface area contributed by atoms with Crippen LogP contribution < -0.4 is 0 Å². The smallest absolute Gasteiger partial charge is 0.195 e. The van der Waals surface area contributed by atoms with Gasteiger partial charge < -0.3 is 4.98 Å². The minimum atomic E-state index is 0.578. The Morgan fingerprint density at radius 1 is 0.824 bits per heavy atom. The molecule has 17 heavy (non-hydrogen) atoms. The van der Waals surface area contributed by atoms with E-state index in [2.05, 4.69) is 24.9 Å². The number of H-pyrrole nitrogens is 1. The highest BCUT2D eigenvalue weighted by atomic mass is 15.0. The predicted octanol–water partition coefficient (Wildman–Crippen LogP) is 1.93. The van der Waals surface area contributed by atoms with Crippen LogP contribution in [0.4, 0.5) is 0 Å². The quantitative estimate of drug-likeness (QED) is 0.720. The van der Waals surface area contributed by atoms with Crippen LogP contribution in [0.3, 0.4) is 0 Å². The summed E-state index contributed by atoms with van der Waals surface area (Å²) in [5.74, 6) is 1.22. The van der Waals surface area contributed by atoms with Crippen LogP contribution >= 0.6 is 0 Å². The lowest BCUT2D eigenvalue weighted by Crippen LogP contribution is -1.88. The maximum Gasteiger partial charge on any atom is 0.195 e. The fourth-order valence-electron chi connectivity index (χ4n) is 1.51. The molecule has 3 rings (SSSR count). The summed E-state index contributed by atoms with van der Waals surface area (Å²) in [5, 5.41) is 0.